The molecule has 1 amide bonds. The van der Waals surface area contributed by atoms with Crippen LogP contribution in [0.4, 0.5) is 5.82 Å². The van der Waals surface area contributed by atoms with Gasteiger partial charge in [-0.3, -0.25) is 4.79 Å². The van der Waals surface area contributed by atoms with Crippen LogP contribution in [0.25, 0.3) is 0 Å². The molecule has 0 saturated carbocycles. The summed E-state index contributed by atoms with van der Waals surface area (Å²) in [6.45, 7) is 1.16. The van der Waals surface area contributed by atoms with Crippen LogP contribution >= 0.6 is 0 Å². The van der Waals surface area contributed by atoms with Gasteiger partial charge in [0.15, 0.2) is 5.82 Å². The Morgan fingerprint density at radius 1 is 1.19 bits per heavy atom. The van der Waals surface area contributed by atoms with Crippen LogP contribution in [0, 0.1) is 0 Å². The topological polar surface area (TPSA) is 80.7 Å². The van der Waals surface area contributed by atoms with Gasteiger partial charge in [-0.15, -0.1) is 0 Å². The number of pyridine rings is 1. The second-order valence-corrected chi connectivity index (χ2v) is 6.27. The molecule has 0 radical (unpaired) electrons. The lowest BCUT2D eigenvalue weighted by molar-refractivity contribution is 0.0524. The number of carbonyl (C=O) groups is 1. The molecule has 2 aromatic heterocycles. The Labute approximate surface area is 152 Å². The van der Waals surface area contributed by atoms with Gasteiger partial charge in [-0.05, 0) is 25.0 Å². The van der Waals surface area contributed by atoms with E-state index in [-0.39, 0.29) is 12.0 Å². The molecule has 1 saturated heterocycles. The minimum absolute atomic E-state index is 0.102. The number of nitrogens with zero attached hydrogens (tertiary/aromatic N) is 5. The van der Waals surface area contributed by atoms with Crippen LogP contribution in [0.5, 0.6) is 11.8 Å². The summed E-state index contributed by atoms with van der Waals surface area (Å²) < 4.78 is 11.3. The smallest absolute Gasteiger partial charge is 0.259 e. The Kier molecular flexibility index (Phi) is 5.50. The Hall–Kier alpha value is -2.90. The normalized spacial score (nSPS) is 16.9. The SMILES string of the molecule is COc1ncccc1C(=O)N1CCC[C@@H](Oc2nccnc2N(C)C)C1. The van der Waals surface area contributed by atoms with Gasteiger partial charge < -0.3 is 19.3 Å². The quantitative estimate of drug-likeness (QED) is 0.804. The van der Waals surface area contributed by atoms with Crippen LogP contribution in [0.1, 0.15) is 23.2 Å². The van der Waals surface area contributed by atoms with Gasteiger partial charge >= 0.3 is 0 Å². The van der Waals surface area contributed by atoms with Gasteiger partial charge in [-0.1, -0.05) is 0 Å². The number of likely N-dealkylation sites (tertiary alicyclic amines) is 1. The first-order chi connectivity index (χ1) is 12.6. The minimum atomic E-state index is -0.134. The predicted octanol–water partition coefficient (Wildman–Crippen LogP) is 1.63. The van der Waals surface area contributed by atoms with Crippen molar-refractivity contribution >= 4 is 11.7 Å². The molecule has 0 aromatic carbocycles. The van der Waals surface area contributed by atoms with Gasteiger partial charge in [0.1, 0.15) is 11.7 Å². The van der Waals surface area contributed by atoms with E-state index in [4.69, 9.17) is 9.47 Å². The van der Waals surface area contributed by atoms with E-state index in [1.54, 1.807) is 35.6 Å². The first kappa shape index (κ1) is 17.9. The summed E-state index contributed by atoms with van der Waals surface area (Å²) in [5.41, 5.74) is 0.462. The highest BCUT2D eigenvalue weighted by molar-refractivity contribution is 5.96. The van der Waals surface area contributed by atoms with E-state index in [0.717, 1.165) is 12.8 Å². The molecule has 3 heterocycles. The molecular formula is C18H23N5O3. The summed E-state index contributed by atoms with van der Waals surface area (Å²) in [6.07, 6.45) is 6.43. The fourth-order valence-electron chi connectivity index (χ4n) is 2.97. The highest BCUT2D eigenvalue weighted by Crippen LogP contribution is 2.25. The van der Waals surface area contributed by atoms with Crippen LogP contribution < -0.4 is 14.4 Å². The summed E-state index contributed by atoms with van der Waals surface area (Å²) in [4.78, 5) is 29.2. The van der Waals surface area contributed by atoms with E-state index in [9.17, 15) is 4.79 Å². The lowest BCUT2D eigenvalue weighted by Gasteiger charge is -2.33. The van der Waals surface area contributed by atoms with Crippen LogP contribution in [-0.2, 0) is 0 Å². The zero-order valence-corrected chi connectivity index (χ0v) is 15.3. The third-order valence-electron chi connectivity index (χ3n) is 4.21. The molecule has 3 rings (SSSR count). The predicted molar refractivity (Wildman–Crippen MR) is 96.7 cm³/mol. The van der Waals surface area contributed by atoms with Crippen molar-refractivity contribution in [2.24, 2.45) is 0 Å². The van der Waals surface area contributed by atoms with Crippen LogP contribution in [0.15, 0.2) is 30.7 Å². The average Bonchev–Trinajstić information content (AvgIpc) is 2.68. The monoisotopic (exact) mass is 357 g/mol. The lowest BCUT2D eigenvalue weighted by Crippen LogP contribution is -2.44. The maximum Gasteiger partial charge on any atom is 0.259 e. The first-order valence-electron chi connectivity index (χ1n) is 8.53. The molecule has 2 aromatic rings. The van der Waals surface area contributed by atoms with Crippen LogP contribution in [-0.4, -0.2) is 66.2 Å². The number of carbonyl (C=O) groups excluding carboxylic acids is 1. The van der Waals surface area contributed by atoms with E-state index >= 15 is 0 Å². The number of hydrogen-bond acceptors (Lipinski definition) is 7. The Bertz CT molecular complexity index is 768. The molecule has 1 fully saturated rings. The van der Waals surface area contributed by atoms with Gasteiger partial charge in [0.25, 0.3) is 11.8 Å². The number of aromatic nitrogens is 3. The summed E-state index contributed by atoms with van der Waals surface area (Å²) in [6, 6.07) is 3.46. The van der Waals surface area contributed by atoms with Crippen LogP contribution in [0.3, 0.4) is 0 Å². The first-order valence-corrected chi connectivity index (χ1v) is 8.53. The Balaban J connectivity index is 1.73. The van der Waals surface area contributed by atoms with Crippen LogP contribution in [0.2, 0.25) is 0 Å². The number of methoxy groups -OCH3 is 1. The highest BCUT2D eigenvalue weighted by atomic mass is 16.5. The summed E-state index contributed by atoms with van der Waals surface area (Å²) in [5.74, 6) is 1.39. The second-order valence-electron chi connectivity index (χ2n) is 6.27. The minimum Gasteiger partial charge on any atom is -0.480 e. The molecule has 8 heteroatoms. The fraction of sp³-hybridized carbons (Fsp3) is 0.444. The van der Waals surface area contributed by atoms with E-state index in [2.05, 4.69) is 15.0 Å². The maximum absolute atomic E-state index is 12.9. The van der Waals surface area contributed by atoms with Crippen molar-refractivity contribution < 1.29 is 14.3 Å². The van der Waals surface area contributed by atoms with Gasteiger partial charge in [0.2, 0.25) is 5.88 Å². The molecule has 0 aliphatic carbocycles. The number of piperidine rings is 1. The lowest BCUT2D eigenvalue weighted by atomic mass is 10.1. The number of amides is 1. The van der Waals surface area contributed by atoms with Crippen molar-refractivity contribution in [1.82, 2.24) is 19.9 Å². The van der Waals surface area contributed by atoms with Crippen molar-refractivity contribution in [2.45, 2.75) is 18.9 Å². The summed E-state index contributed by atoms with van der Waals surface area (Å²) >= 11 is 0. The number of anilines is 1. The summed E-state index contributed by atoms with van der Waals surface area (Å²) in [5, 5.41) is 0. The molecule has 26 heavy (non-hydrogen) atoms. The van der Waals surface area contributed by atoms with Crippen molar-refractivity contribution in [3.63, 3.8) is 0 Å². The van der Waals surface area contributed by atoms with Gasteiger partial charge in [0, 0.05) is 39.2 Å². The van der Waals surface area contributed by atoms with E-state index in [1.165, 1.54) is 7.11 Å². The molecule has 0 N–H and O–H groups in total. The van der Waals surface area contributed by atoms with Gasteiger partial charge in [-0.2, -0.15) is 0 Å². The molecular weight excluding hydrogens is 334 g/mol. The number of rotatable bonds is 5. The molecule has 1 aliphatic heterocycles. The van der Waals surface area contributed by atoms with E-state index in [0.29, 0.717) is 36.2 Å². The highest BCUT2D eigenvalue weighted by Gasteiger charge is 2.28. The number of ether oxygens (including phenoxy) is 2. The van der Waals surface area contributed by atoms with E-state index in [1.807, 2.05) is 19.0 Å². The molecule has 1 aliphatic rings. The second kappa shape index (κ2) is 7.99. The van der Waals surface area contributed by atoms with Crippen molar-refractivity contribution in [2.75, 3.05) is 39.2 Å². The molecule has 1 atom stereocenters. The third-order valence-corrected chi connectivity index (χ3v) is 4.21. The fourth-order valence-corrected chi connectivity index (χ4v) is 2.97. The molecule has 138 valence electrons. The largest absolute Gasteiger partial charge is 0.480 e. The standard InChI is InChI=1S/C18H23N5O3/c1-22(2)15-17(21-10-9-19-15)26-13-6-5-11-23(12-13)18(24)14-7-4-8-20-16(14)25-3/h4,7-10,13H,5-6,11-12H2,1-3H3/t13-/m1/s1. The Morgan fingerprint density at radius 2 is 1.96 bits per heavy atom. The maximum atomic E-state index is 12.9. The van der Waals surface area contributed by atoms with Crippen molar-refractivity contribution in [3.8, 4) is 11.8 Å². The molecule has 0 bridgehead atoms. The van der Waals surface area contributed by atoms with Crippen molar-refractivity contribution in [1.29, 1.82) is 0 Å². The van der Waals surface area contributed by atoms with Crippen molar-refractivity contribution in [3.05, 3.63) is 36.3 Å². The average molecular weight is 357 g/mol. The van der Waals surface area contributed by atoms with Gasteiger partial charge in [-0.25, -0.2) is 15.0 Å². The molecule has 0 spiro atoms. The zero-order valence-electron chi connectivity index (χ0n) is 15.3. The molecule has 0 unspecified atom stereocenters. The Morgan fingerprint density at radius 3 is 2.73 bits per heavy atom. The van der Waals surface area contributed by atoms with Gasteiger partial charge in [0.05, 0.1) is 13.7 Å². The van der Waals surface area contributed by atoms with E-state index < -0.39 is 0 Å². The zero-order chi connectivity index (χ0) is 18.5. The number of hydrogen-bond donors (Lipinski definition) is 0. The molecule has 8 nitrogen and oxygen atoms in total. The third kappa shape index (κ3) is 3.84. The summed E-state index contributed by atoms with van der Waals surface area (Å²) in [7, 11) is 5.29.